The molecule has 0 spiro atoms. The number of carbonyl (C=O) groups is 1. The van der Waals surface area contributed by atoms with Gasteiger partial charge in [0, 0.05) is 12.1 Å². The normalized spacial score (nSPS) is 15.3. The van der Waals surface area contributed by atoms with Crippen molar-refractivity contribution in [1.29, 1.82) is 0 Å². The molecule has 2 rings (SSSR count). The SMILES string of the molecule is Cc1cc(C(=O)NCCCN2CCCC2)ccc1NN. The first-order chi connectivity index (χ1) is 9.70. The molecule has 1 aliphatic rings. The second-order valence-electron chi connectivity index (χ2n) is 5.33. The van der Waals surface area contributed by atoms with Crippen molar-refractivity contribution in [1.82, 2.24) is 10.2 Å². The van der Waals surface area contributed by atoms with E-state index in [9.17, 15) is 4.79 Å². The standard InChI is InChI=1S/C15H24N4O/c1-12-11-13(5-6-14(12)18-16)15(20)17-7-4-10-19-8-2-3-9-19/h5-6,11,18H,2-4,7-10,16H2,1H3,(H,17,20). The summed E-state index contributed by atoms with van der Waals surface area (Å²) in [5.41, 5.74) is 5.10. The second kappa shape index (κ2) is 7.26. The molecule has 110 valence electrons. The predicted molar refractivity (Wildman–Crippen MR) is 81.6 cm³/mol. The number of hydrazine groups is 1. The van der Waals surface area contributed by atoms with Gasteiger partial charge in [-0.3, -0.25) is 10.6 Å². The van der Waals surface area contributed by atoms with Crippen LogP contribution in [0.2, 0.25) is 0 Å². The highest BCUT2D eigenvalue weighted by Gasteiger charge is 2.11. The number of anilines is 1. The lowest BCUT2D eigenvalue weighted by Crippen LogP contribution is -2.28. The zero-order valence-corrected chi connectivity index (χ0v) is 12.1. The first kappa shape index (κ1) is 14.8. The number of rotatable bonds is 6. The summed E-state index contributed by atoms with van der Waals surface area (Å²) in [6.45, 7) is 6.15. The van der Waals surface area contributed by atoms with Crippen molar-refractivity contribution in [2.24, 2.45) is 5.84 Å². The van der Waals surface area contributed by atoms with Crippen LogP contribution in [0.15, 0.2) is 18.2 Å². The quantitative estimate of drug-likeness (QED) is 0.418. The first-order valence-corrected chi connectivity index (χ1v) is 7.28. The van der Waals surface area contributed by atoms with E-state index >= 15 is 0 Å². The Bertz CT molecular complexity index is 455. The average Bonchev–Trinajstić information content (AvgIpc) is 2.96. The van der Waals surface area contributed by atoms with Crippen LogP contribution in [-0.4, -0.2) is 37.0 Å². The number of nitrogens with zero attached hydrogens (tertiary/aromatic N) is 1. The summed E-state index contributed by atoms with van der Waals surface area (Å²) in [5, 5.41) is 2.97. The van der Waals surface area contributed by atoms with Crippen molar-refractivity contribution < 1.29 is 4.79 Å². The summed E-state index contributed by atoms with van der Waals surface area (Å²) in [6, 6.07) is 5.47. The average molecular weight is 276 g/mol. The highest BCUT2D eigenvalue weighted by Crippen LogP contribution is 2.15. The molecule has 1 fully saturated rings. The Balaban J connectivity index is 1.75. The van der Waals surface area contributed by atoms with Gasteiger partial charge < -0.3 is 15.6 Å². The summed E-state index contributed by atoms with van der Waals surface area (Å²) in [7, 11) is 0. The van der Waals surface area contributed by atoms with E-state index in [2.05, 4.69) is 15.6 Å². The van der Waals surface area contributed by atoms with E-state index in [4.69, 9.17) is 5.84 Å². The molecule has 1 heterocycles. The van der Waals surface area contributed by atoms with Crippen LogP contribution in [0.4, 0.5) is 5.69 Å². The topological polar surface area (TPSA) is 70.4 Å². The third-order valence-corrected chi connectivity index (χ3v) is 3.78. The van der Waals surface area contributed by atoms with Crippen molar-refractivity contribution in [2.45, 2.75) is 26.2 Å². The minimum absolute atomic E-state index is 0.0157. The summed E-state index contributed by atoms with van der Waals surface area (Å²) >= 11 is 0. The lowest BCUT2D eigenvalue weighted by atomic mass is 10.1. The van der Waals surface area contributed by atoms with Gasteiger partial charge in [0.25, 0.3) is 5.91 Å². The molecule has 1 aromatic carbocycles. The Labute approximate surface area is 120 Å². The van der Waals surface area contributed by atoms with Gasteiger partial charge in [-0.2, -0.15) is 0 Å². The minimum Gasteiger partial charge on any atom is -0.352 e. The zero-order valence-electron chi connectivity index (χ0n) is 12.1. The molecule has 4 N–H and O–H groups in total. The molecule has 1 aliphatic heterocycles. The number of hydrogen-bond donors (Lipinski definition) is 3. The fraction of sp³-hybridized carbons (Fsp3) is 0.533. The number of hydrogen-bond acceptors (Lipinski definition) is 4. The molecule has 1 saturated heterocycles. The Morgan fingerprint density at radius 3 is 2.75 bits per heavy atom. The lowest BCUT2D eigenvalue weighted by Gasteiger charge is -2.14. The Morgan fingerprint density at radius 2 is 2.10 bits per heavy atom. The van der Waals surface area contributed by atoms with Gasteiger partial charge in [-0.05, 0) is 69.6 Å². The maximum atomic E-state index is 12.0. The van der Waals surface area contributed by atoms with Gasteiger partial charge in [0.1, 0.15) is 0 Å². The van der Waals surface area contributed by atoms with E-state index in [-0.39, 0.29) is 5.91 Å². The minimum atomic E-state index is -0.0157. The Kier molecular flexibility index (Phi) is 5.38. The number of benzene rings is 1. The van der Waals surface area contributed by atoms with Crippen LogP contribution in [-0.2, 0) is 0 Å². The zero-order chi connectivity index (χ0) is 14.4. The number of carbonyl (C=O) groups excluding carboxylic acids is 1. The fourth-order valence-corrected chi connectivity index (χ4v) is 2.58. The van der Waals surface area contributed by atoms with Crippen LogP contribution in [0.25, 0.3) is 0 Å². The molecule has 0 radical (unpaired) electrons. The van der Waals surface area contributed by atoms with E-state index in [0.29, 0.717) is 5.56 Å². The molecule has 1 amide bonds. The number of nitrogens with two attached hydrogens (primary N) is 1. The maximum absolute atomic E-state index is 12.0. The van der Waals surface area contributed by atoms with Gasteiger partial charge in [0.05, 0.1) is 5.69 Å². The van der Waals surface area contributed by atoms with Crippen LogP contribution in [0, 0.1) is 6.92 Å². The van der Waals surface area contributed by atoms with E-state index in [1.807, 2.05) is 19.1 Å². The van der Waals surface area contributed by atoms with Gasteiger partial charge >= 0.3 is 0 Å². The number of nitrogen functional groups attached to an aromatic ring is 1. The van der Waals surface area contributed by atoms with E-state index in [1.165, 1.54) is 25.9 Å². The predicted octanol–water partition coefficient (Wildman–Crippen LogP) is 1.50. The molecule has 20 heavy (non-hydrogen) atoms. The largest absolute Gasteiger partial charge is 0.352 e. The third-order valence-electron chi connectivity index (χ3n) is 3.78. The molecule has 0 unspecified atom stereocenters. The smallest absolute Gasteiger partial charge is 0.251 e. The Hall–Kier alpha value is -1.59. The molecule has 1 aromatic rings. The first-order valence-electron chi connectivity index (χ1n) is 7.28. The van der Waals surface area contributed by atoms with Gasteiger partial charge in [-0.25, -0.2) is 0 Å². The molecule has 0 aliphatic carbocycles. The van der Waals surface area contributed by atoms with Gasteiger partial charge in [0.2, 0.25) is 0 Å². The van der Waals surface area contributed by atoms with Crippen molar-refractivity contribution >= 4 is 11.6 Å². The van der Waals surface area contributed by atoms with Crippen molar-refractivity contribution in [3.05, 3.63) is 29.3 Å². The maximum Gasteiger partial charge on any atom is 0.251 e. The lowest BCUT2D eigenvalue weighted by molar-refractivity contribution is 0.0952. The summed E-state index contributed by atoms with van der Waals surface area (Å²) in [5.74, 6) is 5.36. The molecule has 0 atom stereocenters. The summed E-state index contributed by atoms with van der Waals surface area (Å²) in [6.07, 6.45) is 3.63. The number of likely N-dealkylation sites (tertiary alicyclic amines) is 1. The molecular formula is C15H24N4O. The van der Waals surface area contributed by atoms with Crippen molar-refractivity contribution in [3.8, 4) is 0 Å². The fourth-order valence-electron chi connectivity index (χ4n) is 2.58. The van der Waals surface area contributed by atoms with Crippen LogP contribution in [0.1, 0.15) is 35.2 Å². The molecule has 0 aromatic heterocycles. The van der Waals surface area contributed by atoms with Crippen LogP contribution < -0.4 is 16.6 Å². The molecule has 0 bridgehead atoms. The Morgan fingerprint density at radius 1 is 1.35 bits per heavy atom. The number of nitrogens with one attached hydrogen (secondary N) is 2. The molecular weight excluding hydrogens is 252 g/mol. The van der Waals surface area contributed by atoms with Crippen molar-refractivity contribution in [3.63, 3.8) is 0 Å². The molecule has 0 saturated carbocycles. The number of aryl methyl sites for hydroxylation is 1. The summed E-state index contributed by atoms with van der Waals surface area (Å²) < 4.78 is 0. The molecule has 5 heteroatoms. The van der Waals surface area contributed by atoms with Crippen LogP contribution in [0.3, 0.4) is 0 Å². The number of amides is 1. The van der Waals surface area contributed by atoms with E-state index in [1.54, 1.807) is 6.07 Å². The summed E-state index contributed by atoms with van der Waals surface area (Å²) in [4.78, 5) is 14.5. The second-order valence-corrected chi connectivity index (χ2v) is 5.33. The third kappa shape index (κ3) is 3.95. The highest BCUT2D eigenvalue weighted by atomic mass is 16.1. The monoisotopic (exact) mass is 276 g/mol. The molecule has 5 nitrogen and oxygen atoms in total. The van der Waals surface area contributed by atoms with Gasteiger partial charge in [-0.15, -0.1) is 0 Å². The van der Waals surface area contributed by atoms with E-state index in [0.717, 1.165) is 30.8 Å². The van der Waals surface area contributed by atoms with Gasteiger partial charge in [0.15, 0.2) is 0 Å². The van der Waals surface area contributed by atoms with Gasteiger partial charge in [-0.1, -0.05) is 0 Å². The van der Waals surface area contributed by atoms with Crippen LogP contribution >= 0.6 is 0 Å². The highest BCUT2D eigenvalue weighted by molar-refractivity contribution is 5.94. The van der Waals surface area contributed by atoms with Crippen molar-refractivity contribution in [2.75, 3.05) is 31.6 Å². The van der Waals surface area contributed by atoms with E-state index < -0.39 is 0 Å². The van der Waals surface area contributed by atoms with Crippen LogP contribution in [0.5, 0.6) is 0 Å².